The minimum atomic E-state index is -1.13. The van der Waals surface area contributed by atoms with Gasteiger partial charge in [-0.3, -0.25) is 43.8 Å². The summed E-state index contributed by atoms with van der Waals surface area (Å²) in [5.41, 5.74) is 7.30. The predicted molar refractivity (Wildman–Crippen MR) is 245 cm³/mol. The van der Waals surface area contributed by atoms with E-state index in [4.69, 9.17) is 21.1 Å². The molecule has 1 atom stereocenters. The standard InChI is InChI=1S/C49H50ClN7O9/c1-28-41(29(2)53(3)52-28)43-35(50)17-16-33-32(13-8-26-65-37-14-6-10-30-9-4-5-11-31(30)37)45(49(63)64)56(44(33)43)25-22-54-20-23-55(24-21-54)40(59)27-66-38-15-7-12-34-42(38)48(62)57(47(34)61)36-18-19-39(58)51-46(36)60/h5-7,10-12,14-17,36H,4,8-9,13,18-27H2,1-3H3,(H,63,64)(H,51,58,60). The Morgan fingerprint density at radius 2 is 1.67 bits per heavy atom. The van der Waals surface area contributed by atoms with Gasteiger partial charge in [0.1, 0.15) is 23.2 Å². The number of carbonyl (C=O) groups is 6. The average molecular weight is 916 g/mol. The number of nitrogens with zero attached hydrogens (tertiary/aromatic N) is 6. The fourth-order valence-corrected chi connectivity index (χ4v) is 10.1. The summed E-state index contributed by atoms with van der Waals surface area (Å²) in [6.45, 7) is 6.53. The molecule has 0 radical (unpaired) electrons. The van der Waals surface area contributed by atoms with Gasteiger partial charge in [-0.25, -0.2) is 4.79 Å². The first-order valence-electron chi connectivity index (χ1n) is 22.3. The number of piperazine rings is 1. The Morgan fingerprint density at radius 3 is 2.41 bits per heavy atom. The Morgan fingerprint density at radius 1 is 0.894 bits per heavy atom. The van der Waals surface area contributed by atoms with E-state index in [0.29, 0.717) is 69.3 Å². The Kier molecular flexibility index (Phi) is 12.3. The molecule has 16 nitrogen and oxygen atoms in total. The van der Waals surface area contributed by atoms with Crippen molar-refractivity contribution in [2.24, 2.45) is 7.05 Å². The van der Waals surface area contributed by atoms with Crippen LogP contribution in [0, 0.1) is 13.8 Å². The summed E-state index contributed by atoms with van der Waals surface area (Å²) in [4.78, 5) is 82.7. The summed E-state index contributed by atoms with van der Waals surface area (Å²) in [7, 11) is 1.87. The Bertz CT molecular complexity index is 2870. The van der Waals surface area contributed by atoms with Gasteiger partial charge in [0, 0.05) is 80.5 Å². The second-order valence-electron chi connectivity index (χ2n) is 17.1. The maximum atomic E-state index is 13.5. The van der Waals surface area contributed by atoms with E-state index in [1.165, 1.54) is 17.7 Å². The molecule has 66 heavy (non-hydrogen) atoms. The van der Waals surface area contributed by atoms with Crippen molar-refractivity contribution in [1.82, 2.24) is 34.4 Å². The number of allylic oxidation sites excluding steroid dienone is 1. The van der Waals surface area contributed by atoms with Crippen molar-refractivity contribution in [3.05, 3.63) is 105 Å². The number of rotatable bonds is 14. The lowest BCUT2D eigenvalue weighted by Crippen LogP contribution is -2.54. The summed E-state index contributed by atoms with van der Waals surface area (Å²) in [5.74, 6) is -3.04. The first-order chi connectivity index (χ1) is 31.8. The zero-order valence-electron chi connectivity index (χ0n) is 37.0. The molecule has 1 aliphatic carbocycles. The molecular formula is C49H50ClN7O9. The normalized spacial score (nSPS) is 17.4. The summed E-state index contributed by atoms with van der Waals surface area (Å²) in [5, 5.41) is 19.1. The number of aryl methyl sites for hydroxylation is 4. The molecular weight excluding hydrogens is 866 g/mol. The van der Waals surface area contributed by atoms with Crippen LogP contribution >= 0.6 is 11.6 Å². The van der Waals surface area contributed by atoms with E-state index in [1.54, 1.807) is 15.6 Å². The van der Waals surface area contributed by atoms with Gasteiger partial charge in [-0.05, 0) is 81.3 Å². The lowest BCUT2D eigenvalue weighted by Gasteiger charge is -2.35. The maximum Gasteiger partial charge on any atom is 0.352 e. The molecule has 4 aliphatic rings. The molecule has 0 spiro atoms. The number of nitrogens with one attached hydrogen (secondary N) is 1. The first-order valence-corrected chi connectivity index (χ1v) is 22.7. The third-order valence-electron chi connectivity index (χ3n) is 13.2. The van der Waals surface area contributed by atoms with Gasteiger partial charge in [0.25, 0.3) is 17.7 Å². The van der Waals surface area contributed by atoms with Crippen molar-refractivity contribution in [2.75, 3.05) is 45.9 Å². The van der Waals surface area contributed by atoms with Gasteiger partial charge in [-0.1, -0.05) is 48.0 Å². The monoisotopic (exact) mass is 915 g/mol. The molecule has 5 heterocycles. The minimum Gasteiger partial charge on any atom is -0.493 e. The molecule has 0 saturated carbocycles. The number of aromatic nitrogens is 3. The topological polar surface area (TPSA) is 186 Å². The lowest BCUT2D eigenvalue weighted by molar-refractivity contribution is -0.136. The number of halogens is 1. The fourth-order valence-electron chi connectivity index (χ4n) is 9.88. The molecule has 1 unspecified atom stereocenters. The molecule has 2 aromatic heterocycles. The molecule has 3 aromatic carbocycles. The van der Waals surface area contributed by atoms with Crippen LogP contribution in [0.2, 0.25) is 5.02 Å². The molecule has 5 aromatic rings. The SMILES string of the molecule is Cc1nn(C)c(C)c1-c1c(Cl)ccc2c(CCCOc3cccc4c3C=CCC4)c(C(=O)O)n(CCN3CCN(C(=O)COc4cccc5c4C(=O)N(C4CCC(=O)NC4=O)C5=O)CC3)c12. The van der Waals surface area contributed by atoms with E-state index in [-0.39, 0.29) is 47.9 Å². The molecule has 342 valence electrons. The number of amides is 5. The van der Waals surface area contributed by atoms with E-state index < -0.39 is 35.6 Å². The van der Waals surface area contributed by atoms with Crippen LogP contribution in [-0.4, -0.2) is 122 Å². The number of carboxylic acid groups (broad SMARTS) is 1. The highest BCUT2D eigenvalue weighted by atomic mass is 35.5. The van der Waals surface area contributed by atoms with Crippen LogP contribution < -0.4 is 14.8 Å². The van der Waals surface area contributed by atoms with Crippen LogP contribution in [0.25, 0.3) is 28.1 Å². The van der Waals surface area contributed by atoms with Gasteiger partial charge in [0.05, 0.1) is 34.0 Å². The van der Waals surface area contributed by atoms with E-state index in [0.717, 1.165) is 62.5 Å². The van der Waals surface area contributed by atoms with Crippen LogP contribution in [-0.2, 0) is 40.8 Å². The van der Waals surface area contributed by atoms with Crippen LogP contribution in [0.15, 0.2) is 54.6 Å². The number of hydrogen-bond donors (Lipinski definition) is 2. The minimum absolute atomic E-state index is 0.00435. The third kappa shape index (κ3) is 8.12. The summed E-state index contributed by atoms with van der Waals surface area (Å²) in [6, 6.07) is 13.2. The number of aromatic carboxylic acids is 1. The third-order valence-corrected chi connectivity index (χ3v) is 13.6. The highest BCUT2D eigenvalue weighted by molar-refractivity contribution is 6.35. The van der Waals surface area contributed by atoms with Crippen molar-refractivity contribution in [3.63, 3.8) is 0 Å². The zero-order chi connectivity index (χ0) is 46.4. The van der Waals surface area contributed by atoms with Crippen LogP contribution in [0.5, 0.6) is 11.5 Å². The van der Waals surface area contributed by atoms with E-state index >= 15 is 0 Å². The van der Waals surface area contributed by atoms with Gasteiger partial charge >= 0.3 is 5.97 Å². The second-order valence-corrected chi connectivity index (χ2v) is 17.5. The summed E-state index contributed by atoms with van der Waals surface area (Å²) >= 11 is 7.07. The van der Waals surface area contributed by atoms with Crippen molar-refractivity contribution in [2.45, 2.75) is 65.0 Å². The van der Waals surface area contributed by atoms with E-state index in [9.17, 15) is 33.9 Å². The van der Waals surface area contributed by atoms with Gasteiger partial charge in [-0.2, -0.15) is 5.10 Å². The number of imide groups is 2. The number of hydrogen-bond acceptors (Lipinski definition) is 10. The van der Waals surface area contributed by atoms with Gasteiger partial charge in [-0.15, -0.1) is 0 Å². The number of carboxylic acids is 1. The molecule has 5 amide bonds. The Balaban J connectivity index is 0.897. The van der Waals surface area contributed by atoms with Gasteiger partial charge in [0.15, 0.2) is 6.61 Å². The highest BCUT2D eigenvalue weighted by Crippen LogP contribution is 2.42. The van der Waals surface area contributed by atoms with Crippen molar-refractivity contribution in [1.29, 1.82) is 0 Å². The van der Waals surface area contributed by atoms with Gasteiger partial charge in [0.2, 0.25) is 11.8 Å². The van der Waals surface area contributed by atoms with E-state index in [1.807, 2.05) is 49.7 Å². The Labute approximate surface area is 385 Å². The smallest absolute Gasteiger partial charge is 0.352 e. The molecule has 3 aliphatic heterocycles. The van der Waals surface area contributed by atoms with Crippen molar-refractivity contribution in [3.8, 4) is 22.6 Å². The van der Waals surface area contributed by atoms with Crippen molar-refractivity contribution < 1.29 is 43.3 Å². The van der Waals surface area contributed by atoms with Crippen LogP contribution in [0.3, 0.4) is 0 Å². The number of benzene rings is 3. The quantitative estimate of drug-likeness (QED) is 0.104. The zero-order valence-corrected chi connectivity index (χ0v) is 37.8. The van der Waals surface area contributed by atoms with Crippen LogP contribution in [0.1, 0.15) is 85.0 Å². The maximum absolute atomic E-state index is 13.5. The first kappa shape index (κ1) is 44.4. The number of ether oxygens (including phenoxy) is 2. The summed E-state index contributed by atoms with van der Waals surface area (Å²) in [6.07, 6.45) is 7.29. The van der Waals surface area contributed by atoms with Gasteiger partial charge < -0.3 is 24.0 Å². The number of fused-ring (bicyclic) bond motifs is 3. The molecule has 0 bridgehead atoms. The second kappa shape index (κ2) is 18.2. The molecule has 2 N–H and O–H groups in total. The lowest BCUT2D eigenvalue weighted by atomic mass is 9.97. The molecule has 9 rings (SSSR count). The number of carbonyl (C=O) groups excluding carboxylic acids is 5. The number of piperidine rings is 1. The molecule has 17 heteroatoms. The molecule has 2 fully saturated rings. The largest absolute Gasteiger partial charge is 0.493 e. The van der Waals surface area contributed by atoms with Crippen LogP contribution in [0.4, 0.5) is 0 Å². The summed E-state index contributed by atoms with van der Waals surface area (Å²) < 4.78 is 15.9. The molecule has 2 saturated heterocycles. The highest BCUT2D eigenvalue weighted by Gasteiger charge is 2.46. The average Bonchev–Trinajstić information content (AvgIpc) is 3.86. The van der Waals surface area contributed by atoms with Crippen molar-refractivity contribution >= 4 is 64.1 Å². The Hall–Kier alpha value is -6.78. The fraction of sp³-hybridized carbons (Fsp3) is 0.367. The van der Waals surface area contributed by atoms with E-state index in [2.05, 4.69) is 33.5 Å². The predicted octanol–water partition coefficient (Wildman–Crippen LogP) is 5.61.